The zero-order chi connectivity index (χ0) is 16.2. The number of nitrogens with zero attached hydrogens (tertiary/aromatic N) is 4. The van der Waals surface area contributed by atoms with Crippen LogP contribution in [0.15, 0.2) is 18.7 Å². The molecule has 2 aliphatic rings. The van der Waals surface area contributed by atoms with E-state index in [9.17, 15) is 4.79 Å². The van der Waals surface area contributed by atoms with Gasteiger partial charge < -0.3 is 9.64 Å². The maximum Gasteiger partial charge on any atom is 0.227 e. The van der Waals surface area contributed by atoms with Gasteiger partial charge in [0.25, 0.3) is 0 Å². The second kappa shape index (κ2) is 7.36. The number of aromatic nitrogens is 2. The van der Waals surface area contributed by atoms with Gasteiger partial charge in [0.1, 0.15) is 6.33 Å². The number of likely N-dealkylation sites (tertiary alicyclic amines) is 1. The van der Waals surface area contributed by atoms with E-state index in [1.807, 2.05) is 11.9 Å². The Morgan fingerprint density at radius 1 is 1.35 bits per heavy atom. The van der Waals surface area contributed by atoms with Crippen LogP contribution in [0.25, 0.3) is 0 Å². The second-order valence-electron chi connectivity index (χ2n) is 6.64. The van der Waals surface area contributed by atoms with Gasteiger partial charge in [0, 0.05) is 51.7 Å². The normalized spacial score (nSPS) is 28.2. The monoisotopic (exact) mass is 318 g/mol. The quantitative estimate of drug-likeness (QED) is 0.814. The number of rotatable bonds is 5. The lowest BCUT2D eigenvalue weighted by Gasteiger charge is -2.35. The van der Waals surface area contributed by atoms with Crippen molar-refractivity contribution in [3.8, 4) is 0 Å². The first kappa shape index (κ1) is 16.3. The van der Waals surface area contributed by atoms with Crippen LogP contribution in [0.4, 0.5) is 0 Å². The van der Waals surface area contributed by atoms with E-state index in [-0.39, 0.29) is 5.91 Å². The van der Waals surface area contributed by atoms with E-state index in [0.29, 0.717) is 24.6 Å². The summed E-state index contributed by atoms with van der Waals surface area (Å²) in [5, 5.41) is 0. The highest BCUT2D eigenvalue weighted by atomic mass is 16.5. The number of carbonyl (C=O) groups excluding carboxylic acids is 1. The molecule has 1 unspecified atom stereocenters. The average molecular weight is 318 g/mol. The van der Waals surface area contributed by atoms with E-state index in [0.717, 1.165) is 31.5 Å². The summed E-state index contributed by atoms with van der Waals surface area (Å²) in [5.74, 6) is 0.152. The van der Waals surface area contributed by atoms with Crippen LogP contribution in [0, 0.1) is 0 Å². The number of hydrogen-bond donors (Lipinski definition) is 0. The number of ether oxygens (including phenoxy) is 1. The topological polar surface area (TPSA) is 58.6 Å². The van der Waals surface area contributed by atoms with Crippen LogP contribution in [-0.2, 0) is 16.0 Å². The molecule has 6 heteroatoms. The van der Waals surface area contributed by atoms with E-state index in [1.165, 1.54) is 19.2 Å². The van der Waals surface area contributed by atoms with Gasteiger partial charge in [0.15, 0.2) is 0 Å². The number of methoxy groups -OCH3 is 1. The van der Waals surface area contributed by atoms with Gasteiger partial charge in [-0.1, -0.05) is 0 Å². The number of hydrogen-bond acceptors (Lipinski definition) is 5. The molecule has 0 aromatic carbocycles. The van der Waals surface area contributed by atoms with Crippen molar-refractivity contribution in [2.45, 2.75) is 50.3 Å². The molecule has 1 aromatic rings. The summed E-state index contributed by atoms with van der Waals surface area (Å²) >= 11 is 0. The van der Waals surface area contributed by atoms with Gasteiger partial charge >= 0.3 is 0 Å². The first-order chi connectivity index (χ1) is 11.2. The third-order valence-corrected chi connectivity index (χ3v) is 5.28. The van der Waals surface area contributed by atoms with Crippen molar-refractivity contribution >= 4 is 5.91 Å². The maximum absolute atomic E-state index is 12.6. The first-order valence-electron chi connectivity index (χ1n) is 8.45. The molecule has 3 atom stereocenters. The SMILES string of the molecule is COC1CCN([C@H]2CCC[C@H]2N(C)C(=O)Cc2cncnc2)C1. The summed E-state index contributed by atoms with van der Waals surface area (Å²) in [6, 6.07) is 0.777. The lowest BCUT2D eigenvalue weighted by Crippen LogP contribution is -2.49. The Kier molecular flexibility index (Phi) is 5.23. The Hall–Kier alpha value is -1.53. The maximum atomic E-state index is 12.6. The standard InChI is InChI=1S/C17H26N4O2/c1-20(17(22)8-13-9-18-12-19-10-13)15-4-3-5-16(15)21-7-6-14(11-21)23-2/h9-10,12,14-16H,3-8,11H2,1-2H3/t14?,15-,16+/m1/s1. The van der Waals surface area contributed by atoms with Crippen LogP contribution in [0.1, 0.15) is 31.2 Å². The zero-order valence-corrected chi connectivity index (χ0v) is 14.0. The molecule has 6 nitrogen and oxygen atoms in total. The molecule has 2 fully saturated rings. The van der Waals surface area contributed by atoms with Crippen LogP contribution in [-0.4, -0.2) is 71.1 Å². The summed E-state index contributed by atoms with van der Waals surface area (Å²) in [7, 11) is 3.73. The summed E-state index contributed by atoms with van der Waals surface area (Å²) in [5.41, 5.74) is 0.875. The van der Waals surface area contributed by atoms with E-state index in [2.05, 4.69) is 14.9 Å². The predicted octanol–water partition coefficient (Wildman–Crippen LogP) is 1.12. The summed E-state index contributed by atoms with van der Waals surface area (Å²) < 4.78 is 5.49. The van der Waals surface area contributed by atoms with Crippen LogP contribution in [0.2, 0.25) is 0 Å². The molecule has 126 valence electrons. The molecular weight excluding hydrogens is 292 g/mol. The van der Waals surface area contributed by atoms with Crippen LogP contribution < -0.4 is 0 Å². The number of amides is 1. The van der Waals surface area contributed by atoms with Gasteiger partial charge in [0.05, 0.1) is 12.5 Å². The average Bonchev–Trinajstić information content (AvgIpc) is 3.23. The largest absolute Gasteiger partial charge is 0.380 e. The fraction of sp³-hybridized carbons (Fsp3) is 0.706. The summed E-state index contributed by atoms with van der Waals surface area (Å²) in [6.45, 7) is 2.07. The molecule has 1 saturated carbocycles. The highest BCUT2D eigenvalue weighted by Crippen LogP contribution is 2.31. The Morgan fingerprint density at radius 3 is 2.83 bits per heavy atom. The van der Waals surface area contributed by atoms with Gasteiger partial charge in [-0.15, -0.1) is 0 Å². The molecular formula is C17H26N4O2. The molecule has 1 saturated heterocycles. The molecule has 1 aromatic heterocycles. The van der Waals surface area contributed by atoms with Crippen molar-refractivity contribution in [2.24, 2.45) is 0 Å². The molecule has 3 rings (SSSR count). The smallest absolute Gasteiger partial charge is 0.227 e. The van der Waals surface area contributed by atoms with Crippen molar-refractivity contribution < 1.29 is 9.53 Å². The molecule has 0 N–H and O–H groups in total. The van der Waals surface area contributed by atoms with Crippen molar-refractivity contribution in [3.05, 3.63) is 24.3 Å². The van der Waals surface area contributed by atoms with Crippen molar-refractivity contribution in [1.29, 1.82) is 0 Å². The third kappa shape index (κ3) is 3.70. The van der Waals surface area contributed by atoms with E-state index < -0.39 is 0 Å². The third-order valence-electron chi connectivity index (χ3n) is 5.28. The van der Waals surface area contributed by atoms with Gasteiger partial charge in [-0.05, 0) is 31.2 Å². The molecule has 0 bridgehead atoms. The zero-order valence-electron chi connectivity index (χ0n) is 14.0. The second-order valence-corrected chi connectivity index (χ2v) is 6.64. The number of carbonyl (C=O) groups is 1. The lowest BCUT2D eigenvalue weighted by atomic mass is 10.1. The van der Waals surface area contributed by atoms with Crippen LogP contribution in [0.3, 0.4) is 0 Å². The Balaban J connectivity index is 1.61. The Morgan fingerprint density at radius 2 is 2.13 bits per heavy atom. The molecule has 2 heterocycles. The molecule has 23 heavy (non-hydrogen) atoms. The van der Waals surface area contributed by atoms with Crippen LogP contribution in [0.5, 0.6) is 0 Å². The van der Waals surface area contributed by atoms with Crippen LogP contribution >= 0.6 is 0 Å². The Bertz CT molecular complexity index is 525. The first-order valence-corrected chi connectivity index (χ1v) is 8.45. The molecule has 1 aliphatic heterocycles. The Labute approximate surface area is 137 Å². The highest BCUT2D eigenvalue weighted by molar-refractivity contribution is 5.78. The minimum Gasteiger partial charge on any atom is -0.380 e. The van der Waals surface area contributed by atoms with Gasteiger partial charge in [-0.25, -0.2) is 9.97 Å². The predicted molar refractivity (Wildman–Crippen MR) is 86.9 cm³/mol. The molecule has 0 radical (unpaired) electrons. The summed E-state index contributed by atoms with van der Waals surface area (Å²) in [6.07, 6.45) is 10.2. The highest BCUT2D eigenvalue weighted by Gasteiger charge is 2.39. The fourth-order valence-electron chi connectivity index (χ4n) is 3.95. The lowest BCUT2D eigenvalue weighted by molar-refractivity contribution is -0.132. The minimum atomic E-state index is 0.152. The molecule has 0 spiro atoms. The van der Waals surface area contributed by atoms with Gasteiger partial charge in [-0.3, -0.25) is 9.69 Å². The van der Waals surface area contributed by atoms with E-state index >= 15 is 0 Å². The van der Waals surface area contributed by atoms with Gasteiger partial charge in [-0.2, -0.15) is 0 Å². The van der Waals surface area contributed by atoms with Gasteiger partial charge in [0.2, 0.25) is 5.91 Å². The van der Waals surface area contributed by atoms with E-state index in [1.54, 1.807) is 19.5 Å². The number of likely N-dealkylation sites (N-methyl/N-ethyl adjacent to an activating group) is 1. The van der Waals surface area contributed by atoms with Crippen molar-refractivity contribution in [3.63, 3.8) is 0 Å². The van der Waals surface area contributed by atoms with Crippen molar-refractivity contribution in [1.82, 2.24) is 19.8 Å². The van der Waals surface area contributed by atoms with Crippen molar-refractivity contribution in [2.75, 3.05) is 27.2 Å². The van der Waals surface area contributed by atoms with E-state index in [4.69, 9.17) is 4.74 Å². The fourth-order valence-corrected chi connectivity index (χ4v) is 3.95. The summed E-state index contributed by atoms with van der Waals surface area (Å²) in [4.78, 5) is 25.0. The minimum absolute atomic E-state index is 0.152. The molecule has 1 amide bonds. The molecule has 1 aliphatic carbocycles.